The molecular weight excluding hydrogens is 494 g/mol. The van der Waals surface area contributed by atoms with Gasteiger partial charge in [-0.3, -0.25) is 28.8 Å². The number of fused-ring (bicyclic) bond motifs is 3. The van der Waals surface area contributed by atoms with Crippen molar-refractivity contribution in [2.75, 3.05) is 0 Å². The van der Waals surface area contributed by atoms with E-state index >= 15 is 0 Å². The maximum absolute atomic E-state index is 13.8. The fourth-order valence-corrected chi connectivity index (χ4v) is 7.27. The molecule has 5 rings (SSSR count). The minimum Gasteiger partial charge on any atom is -0.507 e. The highest BCUT2D eigenvalue weighted by molar-refractivity contribution is 6.31. The number of esters is 1. The fraction of sp³-hybridized carbons (Fsp3) is 0.571. The summed E-state index contributed by atoms with van der Waals surface area (Å²) in [5.74, 6) is -12.9. The first-order valence-electron chi connectivity index (χ1n) is 13.2. The topological polar surface area (TPSA) is 178 Å². The van der Waals surface area contributed by atoms with Gasteiger partial charge in [-0.05, 0) is 29.9 Å². The maximum atomic E-state index is 13.8. The molecular formula is C28H31NO9. The number of Topliss-reactive ketones (excluding diaryl/α,β-unsaturated/α-hetero) is 4. The van der Waals surface area contributed by atoms with E-state index < -0.39 is 82.7 Å². The van der Waals surface area contributed by atoms with Gasteiger partial charge in [0.15, 0.2) is 34.7 Å². The summed E-state index contributed by atoms with van der Waals surface area (Å²) < 4.78 is 5.87. The lowest BCUT2D eigenvalue weighted by molar-refractivity contribution is -0.198. The molecule has 0 saturated heterocycles. The number of amides is 1. The van der Waals surface area contributed by atoms with Crippen LogP contribution in [0.4, 0.5) is 0 Å². The Labute approximate surface area is 218 Å². The molecule has 38 heavy (non-hydrogen) atoms. The van der Waals surface area contributed by atoms with E-state index in [4.69, 9.17) is 10.5 Å². The Morgan fingerprint density at radius 1 is 1.11 bits per heavy atom. The Hall–Kier alpha value is -3.40. The Morgan fingerprint density at radius 3 is 2.45 bits per heavy atom. The third-order valence-electron chi connectivity index (χ3n) is 9.19. The van der Waals surface area contributed by atoms with E-state index in [1.807, 2.05) is 0 Å². The molecule has 0 spiro atoms. The van der Waals surface area contributed by atoms with Crippen molar-refractivity contribution >= 4 is 35.0 Å². The molecule has 10 heteroatoms. The van der Waals surface area contributed by atoms with Crippen LogP contribution in [-0.4, -0.2) is 56.9 Å². The van der Waals surface area contributed by atoms with Gasteiger partial charge in [-0.15, -0.1) is 0 Å². The molecule has 0 heterocycles. The van der Waals surface area contributed by atoms with Crippen molar-refractivity contribution in [2.45, 2.75) is 69.5 Å². The molecule has 1 amide bonds. The Balaban J connectivity index is 1.58. The zero-order valence-corrected chi connectivity index (χ0v) is 21.1. The maximum Gasteiger partial charge on any atom is 0.306 e. The zero-order chi connectivity index (χ0) is 27.5. The van der Waals surface area contributed by atoms with Crippen molar-refractivity contribution in [2.24, 2.45) is 35.3 Å². The van der Waals surface area contributed by atoms with Gasteiger partial charge in [-0.1, -0.05) is 44.7 Å². The van der Waals surface area contributed by atoms with Crippen molar-refractivity contribution in [3.8, 4) is 5.75 Å². The standard InChI is InChI=1S/C28H31NO9/c1-12-14-7-4-8-16(30)20(14)23(33)22-19(12)24(38-18(32)10-9-13-5-2-3-6-13)15-11-17(31)21(27(29)36)25(34)28(15,37)26(22)35/h4,7-8,12-13,15,19,21-22,24,30,37H,2-3,5-6,9-11H2,1H3,(H2,29,36)/t12-,15+,19+,21?,22?,24+,28+/m0/s1. The summed E-state index contributed by atoms with van der Waals surface area (Å²) in [6.45, 7) is 1.71. The number of ether oxygens (including phenoxy) is 1. The van der Waals surface area contributed by atoms with E-state index in [0.29, 0.717) is 17.9 Å². The van der Waals surface area contributed by atoms with E-state index in [1.165, 1.54) is 6.07 Å². The lowest BCUT2D eigenvalue weighted by atomic mass is 9.50. The average molecular weight is 526 g/mol. The van der Waals surface area contributed by atoms with Crippen LogP contribution in [0.25, 0.3) is 0 Å². The van der Waals surface area contributed by atoms with Crippen LogP contribution in [0.3, 0.4) is 0 Å². The Bertz CT molecular complexity index is 1250. The van der Waals surface area contributed by atoms with Gasteiger partial charge in [0, 0.05) is 24.7 Å². The highest BCUT2D eigenvalue weighted by Crippen LogP contribution is 2.54. The van der Waals surface area contributed by atoms with Gasteiger partial charge in [0.05, 0.1) is 11.5 Å². The van der Waals surface area contributed by atoms with Crippen LogP contribution in [0.15, 0.2) is 18.2 Å². The number of phenolic OH excluding ortho intramolecular Hbond substituents is 1. The van der Waals surface area contributed by atoms with Crippen LogP contribution in [0.1, 0.15) is 73.7 Å². The molecule has 10 nitrogen and oxygen atoms in total. The van der Waals surface area contributed by atoms with Crippen molar-refractivity contribution in [1.82, 2.24) is 0 Å². The second kappa shape index (κ2) is 9.41. The molecule has 2 unspecified atom stereocenters. The predicted octanol–water partition coefficient (Wildman–Crippen LogP) is 1.38. The van der Waals surface area contributed by atoms with Gasteiger partial charge >= 0.3 is 5.97 Å². The number of hydrogen-bond donors (Lipinski definition) is 3. The Kier molecular flexibility index (Phi) is 6.49. The summed E-state index contributed by atoms with van der Waals surface area (Å²) in [7, 11) is 0. The molecule has 1 aromatic carbocycles. The number of aromatic hydroxyl groups is 1. The van der Waals surface area contributed by atoms with Gasteiger partial charge in [0.25, 0.3) is 0 Å². The van der Waals surface area contributed by atoms with E-state index in [9.17, 15) is 39.0 Å². The van der Waals surface area contributed by atoms with Gasteiger partial charge in [0.2, 0.25) is 5.91 Å². The number of primary amides is 1. The summed E-state index contributed by atoms with van der Waals surface area (Å²) in [4.78, 5) is 78.7. The molecule has 0 radical (unpaired) electrons. The highest BCUT2D eigenvalue weighted by atomic mass is 16.5. The number of rotatable bonds is 5. The van der Waals surface area contributed by atoms with E-state index in [2.05, 4.69) is 0 Å². The van der Waals surface area contributed by atoms with Crippen molar-refractivity contribution in [3.05, 3.63) is 29.3 Å². The van der Waals surface area contributed by atoms with Crippen LogP contribution in [0.2, 0.25) is 0 Å². The van der Waals surface area contributed by atoms with Crippen LogP contribution in [0, 0.1) is 29.6 Å². The number of carbonyl (C=O) groups excluding carboxylic acids is 6. The number of hydrogen-bond acceptors (Lipinski definition) is 9. The molecule has 3 saturated carbocycles. The van der Waals surface area contributed by atoms with Crippen LogP contribution < -0.4 is 5.73 Å². The van der Waals surface area contributed by atoms with E-state index in [0.717, 1.165) is 25.7 Å². The van der Waals surface area contributed by atoms with Crippen LogP contribution in [-0.2, 0) is 28.7 Å². The number of phenols is 1. The first-order valence-corrected chi connectivity index (χ1v) is 13.2. The van der Waals surface area contributed by atoms with Gasteiger partial charge in [0.1, 0.15) is 11.9 Å². The lowest BCUT2D eigenvalue weighted by Crippen LogP contribution is -2.73. The predicted molar refractivity (Wildman–Crippen MR) is 130 cm³/mol. The number of ketones is 4. The van der Waals surface area contributed by atoms with Crippen molar-refractivity contribution in [3.63, 3.8) is 0 Å². The Morgan fingerprint density at radius 2 is 1.79 bits per heavy atom. The average Bonchev–Trinajstić information content (AvgIpc) is 3.38. The third-order valence-corrected chi connectivity index (χ3v) is 9.19. The molecule has 3 fully saturated rings. The van der Waals surface area contributed by atoms with Gasteiger partial charge in [-0.2, -0.15) is 0 Å². The van der Waals surface area contributed by atoms with Crippen molar-refractivity contribution in [1.29, 1.82) is 0 Å². The zero-order valence-electron chi connectivity index (χ0n) is 21.1. The first kappa shape index (κ1) is 26.2. The monoisotopic (exact) mass is 525 g/mol. The molecule has 7 atom stereocenters. The quantitative estimate of drug-likeness (QED) is 0.378. The second-order valence-electron chi connectivity index (χ2n) is 11.2. The largest absolute Gasteiger partial charge is 0.507 e. The number of benzene rings is 1. The first-order chi connectivity index (χ1) is 18.0. The minimum absolute atomic E-state index is 0.0726. The molecule has 0 bridgehead atoms. The van der Waals surface area contributed by atoms with E-state index in [-0.39, 0.29) is 17.7 Å². The van der Waals surface area contributed by atoms with E-state index in [1.54, 1.807) is 19.1 Å². The minimum atomic E-state index is -2.93. The number of nitrogens with two attached hydrogens (primary N) is 1. The van der Waals surface area contributed by atoms with Crippen LogP contribution in [0.5, 0.6) is 5.75 Å². The van der Waals surface area contributed by atoms with Crippen LogP contribution >= 0.6 is 0 Å². The van der Waals surface area contributed by atoms with Crippen molar-refractivity contribution < 1.29 is 43.7 Å². The molecule has 0 aliphatic heterocycles. The van der Waals surface area contributed by atoms with Gasteiger partial charge < -0.3 is 20.7 Å². The second-order valence-corrected chi connectivity index (χ2v) is 11.2. The number of aliphatic hydroxyl groups is 1. The normalized spacial score (nSPS) is 34.9. The molecule has 4 aliphatic rings. The lowest BCUT2D eigenvalue weighted by Gasteiger charge is -2.53. The summed E-state index contributed by atoms with van der Waals surface area (Å²) in [5.41, 5.74) is 2.67. The summed E-state index contributed by atoms with van der Waals surface area (Å²) in [6, 6.07) is 4.47. The number of carbonyl (C=O) groups is 6. The highest BCUT2D eigenvalue weighted by Gasteiger charge is 2.71. The van der Waals surface area contributed by atoms with Gasteiger partial charge in [-0.25, -0.2) is 0 Å². The molecule has 1 aromatic rings. The molecule has 202 valence electrons. The fourth-order valence-electron chi connectivity index (χ4n) is 7.27. The third kappa shape index (κ3) is 3.80. The molecule has 4 N–H and O–H groups in total. The smallest absolute Gasteiger partial charge is 0.306 e. The summed E-state index contributed by atoms with van der Waals surface area (Å²) in [5, 5.41) is 22.1. The SMILES string of the molecule is C[C@H]1c2cccc(O)c2C(=O)C2C(=O)[C@]3(O)C(=O)C(C(N)=O)C(=O)C[C@@H]3[C@@H](OC(=O)CCC3CCCC3)[C@@H]21. The molecule has 4 aliphatic carbocycles. The summed E-state index contributed by atoms with van der Waals surface area (Å²) in [6.07, 6.45) is 2.96. The molecule has 0 aromatic heterocycles. The summed E-state index contributed by atoms with van der Waals surface area (Å²) >= 11 is 0.